The maximum absolute atomic E-state index is 13.1. The van der Waals surface area contributed by atoms with E-state index in [1.807, 2.05) is 48.5 Å². The highest BCUT2D eigenvalue weighted by atomic mass is 16.5. The number of carbonyl (C=O) groups excluding carboxylic acids is 1. The summed E-state index contributed by atoms with van der Waals surface area (Å²) in [7, 11) is 0. The van der Waals surface area contributed by atoms with Gasteiger partial charge >= 0.3 is 0 Å². The minimum Gasteiger partial charge on any atom is -0.486 e. The fourth-order valence-electron chi connectivity index (χ4n) is 7.56. The van der Waals surface area contributed by atoms with E-state index in [1.165, 1.54) is 12.0 Å². The van der Waals surface area contributed by atoms with Crippen LogP contribution < -0.4 is 4.74 Å². The van der Waals surface area contributed by atoms with Gasteiger partial charge < -0.3 is 4.74 Å². The van der Waals surface area contributed by atoms with Crippen molar-refractivity contribution in [2.24, 2.45) is 17.3 Å². The molecule has 2 heterocycles. The first-order valence-corrected chi connectivity index (χ1v) is 13.9. The van der Waals surface area contributed by atoms with E-state index in [9.17, 15) is 4.79 Å². The highest BCUT2D eigenvalue weighted by Crippen LogP contribution is 2.64. The quantitative estimate of drug-likeness (QED) is 0.142. The predicted octanol–water partition coefficient (Wildman–Crippen LogP) is 7.69. The molecule has 5 aromatic rings. The molecule has 9 rings (SSSR count). The molecule has 3 fully saturated rings. The number of hydrogen-bond donors (Lipinski definition) is 0. The van der Waals surface area contributed by atoms with Crippen LogP contribution in [0.4, 0.5) is 0 Å². The zero-order chi connectivity index (χ0) is 25.6. The monoisotopic (exact) mass is 498 g/mol. The number of aryl methyl sites for hydroxylation is 1. The van der Waals surface area contributed by atoms with Crippen LogP contribution in [-0.2, 0) is 6.42 Å². The normalized spacial score (nSPS) is 25.2. The van der Waals surface area contributed by atoms with Gasteiger partial charge in [0.15, 0.2) is 5.78 Å². The van der Waals surface area contributed by atoms with Crippen molar-refractivity contribution in [2.75, 3.05) is 0 Å². The average molecular weight is 499 g/mol. The van der Waals surface area contributed by atoms with Gasteiger partial charge in [0.05, 0.1) is 22.1 Å². The Kier molecular flexibility index (Phi) is 4.46. The van der Waals surface area contributed by atoms with Crippen LogP contribution in [0.25, 0.3) is 32.8 Å². The van der Waals surface area contributed by atoms with Crippen molar-refractivity contribution in [1.82, 2.24) is 9.97 Å². The van der Waals surface area contributed by atoms with Gasteiger partial charge in [0.2, 0.25) is 0 Å². The molecule has 1 aromatic heterocycles. The smallest absolute Gasteiger partial charge is 0.193 e. The molecule has 1 aliphatic heterocycles. The second-order valence-electron chi connectivity index (χ2n) is 12.3. The molecule has 2 bridgehead atoms. The highest BCUT2D eigenvalue weighted by Gasteiger charge is 2.59. The summed E-state index contributed by atoms with van der Waals surface area (Å²) < 4.78 is 7.08. The van der Waals surface area contributed by atoms with Crippen molar-refractivity contribution in [3.8, 4) is 5.75 Å². The van der Waals surface area contributed by atoms with Gasteiger partial charge in [0.25, 0.3) is 0 Å². The summed E-state index contributed by atoms with van der Waals surface area (Å²) in [5.74, 6) is 2.53. The Morgan fingerprint density at radius 3 is 2.29 bits per heavy atom. The zero-order valence-electron chi connectivity index (χ0n) is 21.8. The van der Waals surface area contributed by atoms with E-state index in [0.29, 0.717) is 16.5 Å². The van der Waals surface area contributed by atoms with E-state index in [0.717, 1.165) is 76.1 Å². The van der Waals surface area contributed by atoms with Crippen LogP contribution in [0.2, 0.25) is 0 Å². The first-order chi connectivity index (χ1) is 18.4. The molecule has 0 N–H and O–H groups in total. The number of carbonyl (C=O) groups is 1. The van der Waals surface area contributed by atoms with E-state index in [2.05, 4.69) is 38.1 Å². The number of ether oxygens (including phenoxy) is 1. The Morgan fingerprint density at radius 1 is 0.816 bits per heavy atom. The molecule has 3 saturated carbocycles. The predicted molar refractivity (Wildman–Crippen MR) is 151 cm³/mol. The molecule has 0 saturated heterocycles. The molecule has 4 aliphatic rings. The fraction of sp³-hybridized carbons (Fsp3) is 0.324. The Bertz CT molecular complexity index is 1780. The molecule has 2 unspecified atom stereocenters. The Morgan fingerprint density at radius 2 is 1.53 bits per heavy atom. The molecule has 0 amide bonds. The Balaban J connectivity index is 1.27. The van der Waals surface area contributed by atoms with E-state index in [4.69, 9.17) is 14.7 Å². The second-order valence-corrected chi connectivity index (χ2v) is 12.3. The lowest BCUT2D eigenvalue weighted by molar-refractivity contribution is -0.160. The third-order valence-corrected chi connectivity index (χ3v) is 10.0. The third kappa shape index (κ3) is 3.06. The van der Waals surface area contributed by atoms with Crippen LogP contribution in [0.3, 0.4) is 0 Å². The molecule has 3 aliphatic carbocycles. The third-order valence-electron chi connectivity index (χ3n) is 10.0. The van der Waals surface area contributed by atoms with Gasteiger partial charge in [-0.05, 0) is 67.6 Å². The average Bonchev–Trinajstić information content (AvgIpc) is 2.96. The van der Waals surface area contributed by atoms with Crippen LogP contribution >= 0.6 is 0 Å². The Hall–Kier alpha value is -3.79. The minimum atomic E-state index is -0.0521. The molecule has 38 heavy (non-hydrogen) atoms. The van der Waals surface area contributed by atoms with Gasteiger partial charge in [-0.1, -0.05) is 68.4 Å². The van der Waals surface area contributed by atoms with E-state index < -0.39 is 0 Å². The first-order valence-electron chi connectivity index (χ1n) is 13.9. The molecule has 0 radical (unpaired) electrons. The van der Waals surface area contributed by atoms with E-state index in [1.54, 1.807) is 0 Å². The SMILES string of the molecule is CC1(C)C2CC1CC1(CCc3c(c4ccccc4c4nc5cc(C(=O)c6ccccc6)ccc5nc34)O1)C2. The largest absolute Gasteiger partial charge is 0.486 e. The molecule has 4 aromatic carbocycles. The first kappa shape index (κ1) is 22.2. The highest BCUT2D eigenvalue weighted by molar-refractivity contribution is 6.13. The van der Waals surface area contributed by atoms with Crippen molar-refractivity contribution >= 4 is 38.6 Å². The van der Waals surface area contributed by atoms with Crippen molar-refractivity contribution < 1.29 is 9.53 Å². The lowest BCUT2D eigenvalue weighted by atomic mass is 9.45. The summed E-state index contributed by atoms with van der Waals surface area (Å²) in [5.41, 5.74) is 6.26. The summed E-state index contributed by atoms with van der Waals surface area (Å²) in [4.78, 5) is 23.4. The van der Waals surface area contributed by atoms with E-state index >= 15 is 0 Å². The standard InChI is InChI=1S/C34H30N2O2/c1-33(2)22-17-23(33)19-34(18-22)15-14-26-30-29(24-10-6-7-11-25(24)32(26)38-34)36-28-16-21(12-13-27(28)35-30)31(37)20-8-4-3-5-9-20/h3-13,16,22-23H,14-15,17-19H2,1-2H3. The Labute approximate surface area is 222 Å². The summed E-state index contributed by atoms with van der Waals surface area (Å²) in [6, 6.07) is 23.5. The molecule has 2 atom stereocenters. The lowest BCUT2D eigenvalue weighted by Crippen LogP contribution is -2.59. The van der Waals surface area contributed by atoms with Gasteiger partial charge in [0, 0.05) is 27.5 Å². The van der Waals surface area contributed by atoms with Crippen molar-refractivity contribution in [3.05, 3.63) is 89.5 Å². The maximum atomic E-state index is 13.1. The van der Waals surface area contributed by atoms with Crippen molar-refractivity contribution in [1.29, 1.82) is 0 Å². The van der Waals surface area contributed by atoms with Crippen LogP contribution in [-0.4, -0.2) is 21.4 Å². The van der Waals surface area contributed by atoms with Crippen LogP contribution in [0.15, 0.2) is 72.8 Å². The molecular formula is C34H30N2O2. The van der Waals surface area contributed by atoms with Gasteiger partial charge in [-0.3, -0.25) is 4.79 Å². The van der Waals surface area contributed by atoms with Crippen LogP contribution in [0.5, 0.6) is 5.75 Å². The number of fused-ring (bicyclic) bond motifs is 7. The molecule has 4 nitrogen and oxygen atoms in total. The number of ketones is 1. The maximum Gasteiger partial charge on any atom is 0.193 e. The lowest BCUT2D eigenvalue weighted by Gasteiger charge is -2.63. The summed E-state index contributed by atoms with van der Waals surface area (Å²) in [5, 5.41) is 2.19. The number of aromatic nitrogens is 2. The number of rotatable bonds is 2. The van der Waals surface area contributed by atoms with Gasteiger partial charge in [-0.25, -0.2) is 9.97 Å². The van der Waals surface area contributed by atoms with E-state index in [-0.39, 0.29) is 11.4 Å². The van der Waals surface area contributed by atoms with Gasteiger partial charge in [-0.15, -0.1) is 0 Å². The summed E-state index contributed by atoms with van der Waals surface area (Å²) in [6.45, 7) is 4.88. The second kappa shape index (κ2) is 7.63. The van der Waals surface area contributed by atoms with Gasteiger partial charge in [-0.2, -0.15) is 0 Å². The van der Waals surface area contributed by atoms with Crippen molar-refractivity contribution in [2.45, 2.75) is 51.6 Å². The van der Waals surface area contributed by atoms with Crippen LogP contribution in [0, 0.1) is 17.3 Å². The molecular weight excluding hydrogens is 468 g/mol. The summed E-state index contributed by atoms with van der Waals surface area (Å²) >= 11 is 0. The van der Waals surface area contributed by atoms with Crippen molar-refractivity contribution in [3.63, 3.8) is 0 Å². The molecule has 1 spiro atoms. The minimum absolute atomic E-state index is 0.00268. The van der Waals surface area contributed by atoms with Gasteiger partial charge in [0.1, 0.15) is 11.4 Å². The van der Waals surface area contributed by atoms with Crippen LogP contribution in [0.1, 0.15) is 61.0 Å². The number of hydrogen-bond acceptors (Lipinski definition) is 4. The number of nitrogens with zero attached hydrogens (tertiary/aromatic N) is 2. The molecule has 4 heteroatoms. The molecule has 188 valence electrons. The topological polar surface area (TPSA) is 52.1 Å². The summed E-state index contributed by atoms with van der Waals surface area (Å²) in [6.07, 6.45) is 5.67. The zero-order valence-corrected chi connectivity index (χ0v) is 21.8. The number of benzene rings is 4. The fourth-order valence-corrected chi connectivity index (χ4v) is 7.56.